The van der Waals surface area contributed by atoms with Crippen LogP contribution in [0.3, 0.4) is 0 Å². The zero-order valence-electron chi connectivity index (χ0n) is 13.2. The summed E-state index contributed by atoms with van der Waals surface area (Å²) in [6.45, 7) is 0.594. The third-order valence-corrected chi connectivity index (χ3v) is 4.01. The molecule has 0 amide bonds. The van der Waals surface area contributed by atoms with Gasteiger partial charge < -0.3 is 10.4 Å². The largest absolute Gasteiger partial charge is 0.478 e. The Balaban J connectivity index is 1.84. The molecule has 25 heavy (non-hydrogen) atoms. The monoisotopic (exact) mass is 330 g/mol. The number of pyridine rings is 1. The van der Waals surface area contributed by atoms with Gasteiger partial charge in [0.2, 0.25) is 0 Å². The molecule has 6 nitrogen and oxygen atoms in total. The van der Waals surface area contributed by atoms with Crippen LogP contribution in [0.2, 0.25) is 0 Å². The number of aromatic carboxylic acids is 1. The van der Waals surface area contributed by atoms with Crippen LogP contribution in [0.15, 0.2) is 61.1 Å². The average molecular weight is 330 g/mol. The lowest BCUT2D eigenvalue weighted by Gasteiger charge is -2.11. The second kappa shape index (κ2) is 6.16. The molecule has 2 N–H and O–H groups in total. The number of anilines is 1. The number of nitrogens with one attached hydrogen (secondary N) is 1. The average Bonchev–Trinajstić information content (AvgIpc) is 2.66. The first-order valence-corrected chi connectivity index (χ1v) is 7.77. The van der Waals surface area contributed by atoms with Crippen molar-refractivity contribution >= 4 is 33.6 Å². The molecular formula is C19H14N4O2. The van der Waals surface area contributed by atoms with Crippen molar-refractivity contribution in [3.05, 3.63) is 72.2 Å². The molecule has 0 unspecified atom stereocenters. The smallest absolute Gasteiger partial charge is 0.335 e. The highest BCUT2D eigenvalue weighted by Gasteiger charge is 2.12. The predicted octanol–water partition coefficient (Wildman–Crippen LogP) is 3.49. The number of carboxylic acids is 1. The maximum atomic E-state index is 11.2. The van der Waals surface area contributed by atoms with Crippen molar-refractivity contribution in [2.75, 3.05) is 5.32 Å². The van der Waals surface area contributed by atoms with Crippen molar-refractivity contribution in [1.82, 2.24) is 15.0 Å². The van der Waals surface area contributed by atoms with E-state index in [1.807, 2.05) is 30.3 Å². The van der Waals surface area contributed by atoms with Gasteiger partial charge in [0.05, 0.1) is 11.1 Å². The van der Waals surface area contributed by atoms with E-state index in [4.69, 9.17) is 0 Å². The molecule has 0 aliphatic rings. The van der Waals surface area contributed by atoms with Gasteiger partial charge in [0.25, 0.3) is 0 Å². The molecule has 0 atom stereocenters. The molecule has 0 saturated carbocycles. The summed E-state index contributed by atoms with van der Waals surface area (Å²) in [5, 5.41) is 14.2. The topological polar surface area (TPSA) is 88.0 Å². The Morgan fingerprint density at radius 3 is 2.72 bits per heavy atom. The maximum Gasteiger partial charge on any atom is 0.335 e. The summed E-state index contributed by atoms with van der Waals surface area (Å²) >= 11 is 0. The SMILES string of the molecule is O=C(O)c1ccc2c(c1)nc(NCc1ccccc1)c1ncncc12. The van der Waals surface area contributed by atoms with Gasteiger partial charge in [-0.1, -0.05) is 36.4 Å². The van der Waals surface area contributed by atoms with Crippen LogP contribution < -0.4 is 5.32 Å². The molecule has 0 radical (unpaired) electrons. The second-order valence-corrected chi connectivity index (χ2v) is 5.62. The van der Waals surface area contributed by atoms with Crippen LogP contribution in [0.5, 0.6) is 0 Å². The van der Waals surface area contributed by atoms with Gasteiger partial charge in [-0.25, -0.2) is 19.7 Å². The first-order valence-electron chi connectivity index (χ1n) is 7.77. The van der Waals surface area contributed by atoms with E-state index in [0.29, 0.717) is 23.4 Å². The van der Waals surface area contributed by atoms with E-state index in [9.17, 15) is 9.90 Å². The molecule has 2 heterocycles. The van der Waals surface area contributed by atoms with E-state index in [2.05, 4.69) is 20.3 Å². The normalized spacial score (nSPS) is 10.9. The molecule has 122 valence electrons. The molecule has 0 spiro atoms. The van der Waals surface area contributed by atoms with Crippen LogP contribution in [0, 0.1) is 0 Å². The van der Waals surface area contributed by atoms with Gasteiger partial charge in [0, 0.05) is 23.5 Å². The highest BCUT2D eigenvalue weighted by molar-refractivity contribution is 6.09. The summed E-state index contributed by atoms with van der Waals surface area (Å²) in [5.41, 5.74) is 2.62. The van der Waals surface area contributed by atoms with E-state index >= 15 is 0 Å². The number of aromatic nitrogens is 3. The number of carbonyl (C=O) groups is 1. The fraction of sp³-hybridized carbons (Fsp3) is 0.0526. The Labute approximate surface area is 143 Å². The molecule has 0 aliphatic heterocycles. The highest BCUT2D eigenvalue weighted by atomic mass is 16.4. The van der Waals surface area contributed by atoms with Crippen LogP contribution in [0.4, 0.5) is 5.82 Å². The number of nitrogens with zero attached hydrogens (tertiary/aromatic N) is 3. The Kier molecular flexibility index (Phi) is 3.70. The fourth-order valence-corrected chi connectivity index (χ4v) is 2.78. The summed E-state index contributed by atoms with van der Waals surface area (Å²) in [6.07, 6.45) is 3.20. The number of rotatable bonds is 4. The molecule has 0 saturated heterocycles. The highest BCUT2D eigenvalue weighted by Crippen LogP contribution is 2.28. The van der Waals surface area contributed by atoms with Crippen molar-refractivity contribution in [2.24, 2.45) is 0 Å². The lowest BCUT2D eigenvalue weighted by atomic mass is 10.1. The molecule has 0 aliphatic carbocycles. The van der Waals surface area contributed by atoms with Crippen LogP contribution in [0.25, 0.3) is 21.8 Å². The first kappa shape index (κ1) is 15.0. The van der Waals surface area contributed by atoms with Crippen molar-refractivity contribution in [3.63, 3.8) is 0 Å². The van der Waals surface area contributed by atoms with Gasteiger partial charge in [-0.3, -0.25) is 0 Å². The van der Waals surface area contributed by atoms with Crippen molar-refractivity contribution in [2.45, 2.75) is 6.54 Å². The van der Waals surface area contributed by atoms with Gasteiger partial charge >= 0.3 is 5.97 Å². The van der Waals surface area contributed by atoms with Gasteiger partial charge in [-0.15, -0.1) is 0 Å². The Morgan fingerprint density at radius 2 is 1.92 bits per heavy atom. The molecule has 4 rings (SSSR count). The van der Waals surface area contributed by atoms with Gasteiger partial charge in [0.1, 0.15) is 11.8 Å². The summed E-state index contributed by atoms with van der Waals surface area (Å²) in [5.74, 6) is -0.372. The zero-order valence-corrected chi connectivity index (χ0v) is 13.2. The number of fused-ring (bicyclic) bond motifs is 3. The second-order valence-electron chi connectivity index (χ2n) is 5.62. The van der Waals surface area contributed by atoms with Crippen LogP contribution >= 0.6 is 0 Å². The molecule has 4 aromatic rings. The third kappa shape index (κ3) is 2.85. The minimum atomic E-state index is -0.980. The third-order valence-electron chi connectivity index (χ3n) is 4.01. The minimum absolute atomic E-state index is 0.199. The Hall–Kier alpha value is -3.54. The maximum absolute atomic E-state index is 11.2. The van der Waals surface area contributed by atoms with E-state index in [0.717, 1.165) is 16.3 Å². The number of carboxylic acid groups (broad SMARTS) is 1. The Morgan fingerprint density at radius 1 is 1.08 bits per heavy atom. The van der Waals surface area contributed by atoms with E-state index in [1.54, 1.807) is 24.4 Å². The van der Waals surface area contributed by atoms with Crippen molar-refractivity contribution in [3.8, 4) is 0 Å². The van der Waals surface area contributed by atoms with Crippen molar-refractivity contribution < 1.29 is 9.90 Å². The number of hydrogen-bond donors (Lipinski definition) is 2. The minimum Gasteiger partial charge on any atom is -0.478 e. The number of benzene rings is 2. The predicted molar refractivity (Wildman–Crippen MR) is 95.6 cm³/mol. The van der Waals surface area contributed by atoms with Crippen LogP contribution in [-0.2, 0) is 6.54 Å². The summed E-state index contributed by atoms with van der Waals surface area (Å²) < 4.78 is 0. The number of hydrogen-bond acceptors (Lipinski definition) is 5. The molecule has 2 aromatic carbocycles. The summed E-state index contributed by atoms with van der Waals surface area (Å²) in [7, 11) is 0. The lowest BCUT2D eigenvalue weighted by molar-refractivity contribution is 0.0697. The van der Waals surface area contributed by atoms with Crippen LogP contribution in [0.1, 0.15) is 15.9 Å². The van der Waals surface area contributed by atoms with Crippen molar-refractivity contribution in [1.29, 1.82) is 0 Å². The molecule has 6 heteroatoms. The Bertz CT molecular complexity index is 1080. The quantitative estimate of drug-likeness (QED) is 0.557. The summed E-state index contributed by atoms with van der Waals surface area (Å²) in [4.78, 5) is 24.3. The molecular weight excluding hydrogens is 316 g/mol. The fourth-order valence-electron chi connectivity index (χ4n) is 2.78. The first-order chi connectivity index (χ1) is 12.2. The van der Waals surface area contributed by atoms with Gasteiger partial charge in [0.15, 0.2) is 5.82 Å². The molecule has 0 fully saturated rings. The lowest BCUT2D eigenvalue weighted by Crippen LogP contribution is -2.04. The van der Waals surface area contributed by atoms with Gasteiger partial charge in [-0.2, -0.15) is 0 Å². The van der Waals surface area contributed by atoms with E-state index in [-0.39, 0.29) is 5.56 Å². The van der Waals surface area contributed by atoms with E-state index in [1.165, 1.54) is 6.33 Å². The van der Waals surface area contributed by atoms with E-state index < -0.39 is 5.97 Å². The molecule has 0 bridgehead atoms. The van der Waals surface area contributed by atoms with Gasteiger partial charge in [-0.05, 0) is 17.7 Å². The standard InChI is InChI=1S/C19H14N4O2/c24-19(25)13-6-7-14-15-10-20-11-22-17(15)18(23-16(14)8-13)21-9-12-4-2-1-3-5-12/h1-8,10-11H,9H2,(H,21,23)(H,24,25). The zero-order chi connectivity index (χ0) is 17.2. The van der Waals surface area contributed by atoms with Crippen LogP contribution in [-0.4, -0.2) is 26.0 Å². The molecule has 2 aromatic heterocycles. The summed E-state index contributed by atoms with van der Waals surface area (Å²) in [6, 6.07) is 14.8.